The van der Waals surface area contributed by atoms with Gasteiger partial charge in [0.25, 0.3) is 0 Å². The van der Waals surface area contributed by atoms with Gasteiger partial charge in [0.1, 0.15) is 5.75 Å². The molecule has 1 N–H and O–H groups in total. The Labute approximate surface area is 174 Å². The van der Waals surface area contributed by atoms with E-state index in [1.165, 1.54) is 11.3 Å². The van der Waals surface area contributed by atoms with Crippen LogP contribution in [-0.4, -0.2) is 42.8 Å². The second-order valence-corrected chi connectivity index (χ2v) is 7.62. The van der Waals surface area contributed by atoms with E-state index in [1.807, 2.05) is 19.1 Å². The molecule has 4 nitrogen and oxygen atoms in total. The first kappa shape index (κ1) is 20.5. The maximum absolute atomic E-state index is 5.78. The Morgan fingerprint density at radius 2 is 1.71 bits per heavy atom. The smallest absolute Gasteiger partial charge is 0.173 e. The largest absolute Gasteiger partial charge is 0.492 e. The van der Waals surface area contributed by atoms with Gasteiger partial charge in [-0.15, -0.1) is 0 Å². The minimum atomic E-state index is 0.591. The summed E-state index contributed by atoms with van der Waals surface area (Å²) >= 11 is 5.66. The van der Waals surface area contributed by atoms with Crippen LogP contribution in [0.2, 0.25) is 0 Å². The zero-order valence-electron chi connectivity index (χ0n) is 17.1. The van der Waals surface area contributed by atoms with E-state index in [9.17, 15) is 0 Å². The van der Waals surface area contributed by atoms with Gasteiger partial charge in [0.15, 0.2) is 5.11 Å². The summed E-state index contributed by atoms with van der Waals surface area (Å²) in [5.74, 6) is 1.55. The van der Waals surface area contributed by atoms with Crippen LogP contribution in [0.15, 0.2) is 48.5 Å². The van der Waals surface area contributed by atoms with Gasteiger partial charge >= 0.3 is 0 Å². The van der Waals surface area contributed by atoms with Crippen LogP contribution in [-0.2, 0) is 0 Å². The lowest BCUT2D eigenvalue weighted by atomic mass is 9.99. The third-order valence-corrected chi connectivity index (χ3v) is 5.78. The lowest BCUT2D eigenvalue weighted by Gasteiger charge is -2.38. The standard InChI is InChI=1S/C23H31N3OS/c1-4-18(3)19-10-12-20(13-11-19)24-23(28)26-16-14-25(15-17-26)21-8-6-7-9-22(21)27-5-2/h6-13,18H,4-5,14-17H2,1-3H3,(H,24,28)/t18-/m0/s1. The van der Waals surface area contributed by atoms with E-state index in [4.69, 9.17) is 17.0 Å². The second kappa shape index (κ2) is 9.78. The number of rotatable bonds is 6. The van der Waals surface area contributed by atoms with Crippen molar-refractivity contribution in [2.45, 2.75) is 33.1 Å². The predicted octanol–water partition coefficient (Wildman–Crippen LogP) is 5.12. The van der Waals surface area contributed by atoms with Crippen LogP contribution in [0.5, 0.6) is 5.75 Å². The highest BCUT2D eigenvalue weighted by molar-refractivity contribution is 7.80. The monoisotopic (exact) mass is 397 g/mol. The highest BCUT2D eigenvalue weighted by Crippen LogP contribution is 2.29. The Kier molecular flexibility index (Phi) is 7.15. The molecule has 1 fully saturated rings. The van der Waals surface area contributed by atoms with E-state index in [-0.39, 0.29) is 0 Å². The summed E-state index contributed by atoms with van der Waals surface area (Å²) in [6.07, 6.45) is 1.15. The third kappa shape index (κ3) is 4.96. The number of hydrogen-bond acceptors (Lipinski definition) is 3. The summed E-state index contributed by atoms with van der Waals surface area (Å²) in [4.78, 5) is 4.63. The van der Waals surface area contributed by atoms with Crippen molar-refractivity contribution in [3.05, 3.63) is 54.1 Å². The number of para-hydroxylation sites is 2. The number of nitrogens with one attached hydrogen (secondary N) is 1. The molecule has 0 unspecified atom stereocenters. The van der Waals surface area contributed by atoms with Crippen molar-refractivity contribution >= 4 is 28.7 Å². The third-order valence-electron chi connectivity index (χ3n) is 5.42. The van der Waals surface area contributed by atoms with Crippen LogP contribution < -0.4 is 15.0 Å². The molecule has 28 heavy (non-hydrogen) atoms. The Hall–Kier alpha value is -2.27. The number of nitrogens with zero attached hydrogens (tertiary/aromatic N) is 2. The van der Waals surface area contributed by atoms with Crippen LogP contribution in [0, 0.1) is 0 Å². The molecular formula is C23H31N3OS. The summed E-state index contributed by atoms with van der Waals surface area (Å²) in [7, 11) is 0. The molecule has 150 valence electrons. The number of ether oxygens (including phenoxy) is 1. The topological polar surface area (TPSA) is 27.7 Å². The predicted molar refractivity (Wildman–Crippen MR) is 123 cm³/mol. The first-order chi connectivity index (χ1) is 13.6. The fraction of sp³-hybridized carbons (Fsp3) is 0.435. The minimum Gasteiger partial charge on any atom is -0.492 e. The fourth-order valence-electron chi connectivity index (χ4n) is 3.48. The Morgan fingerprint density at radius 3 is 2.36 bits per heavy atom. The van der Waals surface area contributed by atoms with E-state index < -0.39 is 0 Å². The molecule has 0 aromatic heterocycles. The summed E-state index contributed by atoms with van der Waals surface area (Å²) in [5.41, 5.74) is 3.60. The number of hydrogen-bond donors (Lipinski definition) is 1. The number of piperazine rings is 1. The molecule has 1 saturated heterocycles. The number of benzene rings is 2. The van der Waals surface area contributed by atoms with Crippen LogP contribution in [0.25, 0.3) is 0 Å². The Bertz CT molecular complexity index is 770. The van der Waals surface area contributed by atoms with Gasteiger partial charge in [-0.05, 0) is 61.3 Å². The van der Waals surface area contributed by atoms with Crippen molar-refractivity contribution in [2.24, 2.45) is 0 Å². The van der Waals surface area contributed by atoms with Gasteiger partial charge in [-0.1, -0.05) is 38.1 Å². The normalized spacial score (nSPS) is 15.2. The van der Waals surface area contributed by atoms with E-state index in [2.05, 4.69) is 65.4 Å². The van der Waals surface area contributed by atoms with Crippen LogP contribution in [0.3, 0.4) is 0 Å². The fourth-order valence-corrected chi connectivity index (χ4v) is 3.78. The highest BCUT2D eigenvalue weighted by atomic mass is 32.1. The average molecular weight is 398 g/mol. The van der Waals surface area contributed by atoms with Gasteiger partial charge in [-0.3, -0.25) is 0 Å². The van der Waals surface area contributed by atoms with E-state index in [0.717, 1.165) is 49.1 Å². The molecule has 1 aliphatic heterocycles. The van der Waals surface area contributed by atoms with Gasteiger partial charge in [-0.25, -0.2) is 0 Å². The van der Waals surface area contributed by atoms with E-state index >= 15 is 0 Å². The maximum Gasteiger partial charge on any atom is 0.173 e. The minimum absolute atomic E-state index is 0.591. The summed E-state index contributed by atoms with van der Waals surface area (Å²) in [6.45, 7) is 10.8. The van der Waals surface area contributed by atoms with Crippen molar-refractivity contribution in [3.63, 3.8) is 0 Å². The van der Waals surface area contributed by atoms with Gasteiger partial charge in [-0.2, -0.15) is 0 Å². The van der Waals surface area contributed by atoms with Crippen molar-refractivity contribution in [3.8, 4) is 5.75 Å². The summed E-state index contributed by atoms with van der Waals surface area (Å²) < 4.78 is 5.78. The molecule has 2 aromatic rings. The van der Waals surface area contributed by atoms with Crippen molar-refractivity contribution in [1.29, 1.82) is 0 Å². The Balaban J connectivity index is 1.55. The Morgan fingerprint density at radius 1 is 1.04 bits per heavy atom. The molecule has 2 aromatic carbocycles. The SMILES string of the molecule is CCOc1ccccc1N1CCN(C(=S)Nc2ccc([C@@H](C)CC)cc2)CC1. The van der Waals surface area contributed by atoms with Gasteiger partial charge < -0.3 is 19.9 Å². The molecular weight excluding hydrogens is 366 g/mol. The molecule has 0 amide bonds. The van der Waals surface area contributed by atoms with E-state index in [0.29, 0.717) is 12.5 Å². The molecule has 0 aliphatic carbocycles. The molecule has 1 atom stereocenters. The van der Waals surface area contributed by atoms with Gasteiger partial charge in [0.2, 0.25) is 0 Å². The zero-order valence-corrected chi connectivity index (χ0v) is 18.0. The first-order valence-electron chi connectivity index (χ1n) is 10.2. The molecule has 5 heteroatoms. The summed E-state index contributed by atoms with van der Waals surface area (Å²) in [5, 5.41) is 4.20. The number of anilines is 2. The quantitative estimate of drug-likeness (QED) is 0.683. The molecule has 3 rings (SSSR count). The van der Waals surface area contributed by atoms with Crippen molar-refractivity contribution in [1.82, 2.24) is 4.90 Å². The lowest BCUT2D eigenvalue weighted by Crippen LogP contribution is -2.50. The molecule has 0 spiro atoms. The maximum atomic E-state index is 5.78. The zero-order chi connectivity index (χ0) is 19.9. The van der Waals surface area contributed by atoms with Crippen LogP contribution in [0.1, 0.15) is 38.7 Å². The van der Waals surface area contributed by atoms with Gasteiger partial charge in [0, 0.05) is 31.9 Å². The molecule has 1 aliphatic rings. The highest BCUT2D eigenvalue weighted by Gasteiger charge is 2.21. The van der Waals surface area contributed by atoms with Crippen LogP contribution >= 0.6 is 12.2 Å². The van der Waals surface area contributed by atoms with Crippen molar-refractivity contribution in [2.75, 3.05) is 43.0 Å². The molecule has 1 heterocycles. The van der Waals surface area contributed by atoms with Crippen molar-refractivity contribution < 1.29 is 4.74 Å². The van der Waals surface area contributed by atoms with Gasteiger partial charge in [0.05, 0.1) is 12.3 Å². The summed E-state index contributed by atoms with van der Waals surface area (Å²) in [6, 6.07) is 16.9. The molecule has 0 radical (unpaired) electrons. The second-order valence-electron chi connectivity index (χ2n) is 7.24. The molecule has 0 saturated carbocycles. The number of thiocarbonyl (C=S) groups is 1. The average Bonchev–Trinajstić information content (AvgIpc) is 2.74. The van der Waals surface area contributed by atoms with E-state index in [1.54, 1.807) is 0 Å². The first-order valence-corrected chi connectivity index (χ1v) is 10.7. The lowest BCUT2D eigenvalue weighted by molar-refractivity contribution is 0.336. The molecule has 0 bridgehead atoms. The van der Waals surface area contributed by atoms with Crippen LogP contribution in [0.4, 0.5) is 11.4 Å².